The maximum atomic E-state index is 13.0. The second-order valence-electron chi connectivity index (χ2n) is 2.70. The minimum atomic E-state index is -0.154. The fourth-order valence-electron chi connectivity index (χ4n) is 1.39. The zero-order valence-electron chi connectivity index (χ0n) is 6.02. The van der Waals surface area contributed by atoms with Gasteiger partial charge in [-0.25, -0.2) is 4.39 Å². The van der Waals surface area contributed by atoms with Gasteiger partial charge in [0.25, 0.3) is 0 Å². The van der Waals surface area contributed by atoms with Crippen LogP contribution in [0.1, 0.15) is 11.1 Å². The van der Waals surface area contributed by atoms with Gasteiger partial charge in [0.15, 0.2) is 0 Å². The third kappa shape index (κ3) is 0.886. The molecule has 58 valence electrons. The number of nitrogen functional groups attached to an aromatic ring is 1. The molecule has 0 atom stereocenters. The van der Waals surface area contributed by atoms with Gasteiger partial charge >= 0.3 is 0 Å². The van der Waals surface area contributed by atoms with Crippen LogP contribution in [0, 0.1) is 5.82 Å². The molecule has 1 aliphatic rings. The molecule has 2 rings (SSSR count). The van der Waals surface area contributed by atoms with E-state index in [1.54, 1.807) is 6.07 Å². The van der Waals surface area contributed by atoms with Crippen LogP contribution >= 0.6 is 0 Å². The van der Waals surface area contributed by atoms with Gasteiger partial charge in [0.05, 0.1) is 0 Å². The highest BCUT2D eigenvalue weighted by atomic mass is 19.1. The van der Waals surface area contributed by atoms with Crippen molar-refractivity contribution >= 4 is 5.69 Å². The van der Waals surface area contributed by atoms with Crippen LogP contribution in [0.4, 0.5) is 10.1 Å². The summed E-state index contributed by atoms with van der Waals surface area (Å²) in [6.45, 7) is 1.30. The molecule has 0 radical (unpaired) electrons. The van der Waals surface area contributed by atoms with Crippen molar-refractivity contribution in [3.05, 3.63) is 29.1 Å². The monoisotopic (exact) mass is 152 g/mol. The summed E-state index contributed by atoms with van der Waals surface area (Å²) in [5.41, 5.74) is 7.97. The molecule has 3 heteroatoms. The van der Waals surface area contributed by atoms with Gasteiger partial charge in [-0.3, -0.25) is 0 Å². The van der Waals surface area contributed by atoms with Gasteiger partial charge in [0.1, 0.15) is 5.82 Å². The average molecular weight is 152 g/mol. The predicted molar refractivity (Wildman–Crippen MR) is 41.4 cm³/mol. The SMILES string of the molecule is Nc1ccc(F)c2c1CNC2. The molecule has 1 heterocycles. The summed E-state index contributed by atoms with van der Waals surface area (Å²) in [6, 6.07) is 3.03. The quantitative estimate of drug-likeness (QED) is 0.544. The number of hydrogen-bond acceptors (Lipinski definition) is 2. The van der Waals surface area contributed by atoms with Crippen molar-refractivity contribution in [3.8, 4) is 0 Å². The lowest BCUT2D eigenvalue weighted by Crippen LogP contribution is -2.01. The molecule has 3 N–H and O–H groups in total. The van der Waals surface area contributed by atoms with E-state index in [0.29, 0.717) is 18.8 Å². The zero-order chi connectivity index (χ0) is 7.84. The number of benzene rings is 1. The van der Waals surface area contributed by atoms with E-state index in [0.717, 1.165) is 11.1 Å². The van der Waals surface area contributed by atoms with E-state index in [2.05, 4.69) is 5.32 Å². The molecule has 1 aliphatic heterocycles. The first kappa shape index (κ1) is 6.61. The standard InChI is InChI=1S/C8H9FN2/c9-7-1-2-8(10)6-4-11-3-5(6)7/h1-2,11H,3-4,10H2. The smallest absolute Gasteiger partial charge is 0.128 e. The average Bonchev–Trinajstić information content (AvgIpc) is 2.45. The summed E-state index contributed by atoms with van der Waals surface area (Å²) in [7, 11) is 0. The molecule has 0 unspecified atom stereocenters. The zero-order valence-corrected chi connectivity index (χ0v) is 6.02. The minimum absolute atomic E-state index is 0.154. The molecule has 1 aromatic rings. The van der Waals surface area contributed by atoms with Gasteiger partial charge in [-0.15, -0.1) is 0 Å². The predicted octanol–water partition coefficient (Wildman–Crippen LogP) is 1.01. The van der Waals surface area contributed by atoms with Gasteiger partial charge in [0.2, 0.25) is 0 Å². The van der Waals surface area contributed by atoms with E-state index in [1.165, 1.54) is 6.07 Å². The van der Waals surface area contributed by atoms with Crippen molar-refractivity contribution in [2.75, 3.05) is 5.73 Å². The Kier molecular flexibility index (Phi) is 1.32. The van der Waals surface area contributed by atoms with Crippen molar-refractivity contribution in [2.24, 2.45) is 0 Å². The second-order valence-corrected chi connectivity index (χ2v) is 2.70. The van der Waals surface area contributed by atoms with E-state index in [9.17, 15) is 4.39 Å². The highest BCUT2D eigenvalue weighted by Gasteiger charge is 2.16. The van der Waals surface area contributed by atoms with E-state index < -0.39 is 0 Å². The first-order valence-electron chi connectivity index (χ1n) is 3.55. The van der Waals surface area contributed by atoms with Gasteiger partial charge in [-0.05, 0) is 17.7 Å². The Labute approximate surface area is 64.2 Å². The summed E-state index contributed by atoms with van der Waals surface area (Å²) in [6.07, 6.45) is 0. The van der Waals surface area contributed by atoms with E-state index in [1.807, 2.05) is 0 Å². The minimum Gasteiger partial charge on any atom is -0.398 e. The van der Waals surface area contributed by atoms with Crippen LogP contribution in [0.5, 0.6) is 0 Å². The Bertz CT molecular complexity index is 267. The molecule has 1 aromatic carbocycles. The normalized spacial score (nSPS) is 15.0. The first-order chi connectivity index (χ1) is 5.29. The first-order valence-corrected chi connectivity index (χ1v) is 3.55. The fraction of sp³-hybridized carbons (Fsp3) is 0.250. The van der Waals surface area contributed by atoms with Crippen LogP contribution in [0.2, 0.25) is 0 Å². The number of fused-ring (bicyclic) bond motifs is 1. The van der Waals surface area contributed by atoms with Crippen molar-refractivity contribution < 1.29 is 4.39 Å². The Morgan fingerprint density at radius 1 is 1.27 bits per heavy atom. The topological polar surface area (TPSA) is 38.0 Å². The van der Waals surface area contributed by atoms with Crippen molar-refractivity contribution in [2.45, 2.75) is 13.1 Å². The second kappa shape index (κ2) is 2.20. The lowest BCUT2D eigenvalue weighted by atomic mass is 10.1. The van der Waals surface area contributed by atoms with Crippen LogP contribution in [0.3, 0.4) is 0 Å². The molecule has 0 saturated carbocycles. The highest BCUT2D eigenvalue weighted by Crippen LogP contribution is 2.23. The molecule has 0 fully saturated rings. The molecular formula is C8H9FN2. The highest BCUT2D eigenvalue weighted by molar-refractivity contribution is 5.52. The Morgan fingerprint density at radius 3 is 2.73 bits per heavy atom. The molecule has 0 aromatic heterocycles. The van der Waals surface area contributed by atoms with Crippen molar-refractivity contribution in [1.82, 2.24) is 5.32 Å². The molecule has 2 nitrogen and oxygen atoms in total. The number of hydrogen-bond donors (Lipinski definition) is 2. The van der Waals surface area contributed by atoms with E-state index >= 15 is 0 Å². The van der Waals surface area contributed by atoms with Crippen LogP contribution in [0.15, 0.2) is 12.1 Å². The number of nitrogens with two attached hydrogens (primary N) is 1. The van der Waals surface area contributed by atoms with Gasteiger partial charge < -0.3 is 11.1 Å². The van der Waals surface area contributed by atoms with Crippen LogP contribution in [-0.2, 0) is 13.1 Å². The van der Waals surface area contributed by atoms with Crippen molar-refractivity contribution in [3.63, 3.8) is 0 Å². The summed E-state index contributed by atoms with van der Waals surface area (Å²) >= 11 is 0. The lowest BCUT2D eigenvalue weighted by molar-refractivity contribution is 0.608. The molecule has 11 heavy (non-hydrogen) atoms. The van der Waals surface area contributed by atoms with Crippen LogP contribution in [0.25, 0.3) is 0 Å². The van der Waals surface area contributed by atoms with Crippen molar-refractivity contribution in [1.29, 1.82) is 0 Å². The van der Waals surface area contributed by atoms with Gasteiger partial charge in [0, 0.05) is 24.3 Å². The molecule has 0 aliphatic carbocycles. The Morgan fingerprint density at radius 2 is 2.00 bits per heavy atom. The summed E-state index contributed by atoms with van der Waals surface area (Å²) in [4.78, 5) is 0. The van der Waals surface area contributed by atoms with Gasteiger partial charge in [-0.1, -0.05) is 0 Å². The maximum absolute atomic E-state index is 13.0. The summed E-state index contributed by atoms with van der Waals surface area (Å²) in [5, 5.41) is 3.05. The molecule has 0 spiro atoms. The van der Waals surface area contributed by atoms with Gasteiger partial charge in [-0.2, -0.15) is 0 Å². The van der Waals surface area contributed by atoms with E-state index in [-0.39, 0.29) is 5.82 Å². The number of rotatable bonds is 0. The maximum Gasteiger partial charge on any atom is 0.128 e. The third-order valence-corrected chi connectivity index (χ3v) is 2.01. The van der Waals surface area contributed by atoms with Crippen LogP contribution in [-0.4, -0.2) is 0 Å². The Balaban J connectivity index is 2.64. The number of nitrogens with one attached hydrogen (secondary N) is 1. The molecular weight excluding hydrogens is 143 g/mol. The number of anilines is 1. The fourth-order valence-corrected chi connectivity index (χ4v) is 1.39. The molecule has 0 bridgehead atoms. The van der Waals surface area contributed by atoms with Crippen LogP contribution < -0.4 is 11.1 Å². The molecule has 0 saturated heterocycles. The summed E-state index contributed by atoms with van der Waals surface area (Å²) < 4.78 is 13.0. The molecule has 0 amide bonds. The number of halogens is 1. The largest absolute Gasteiger partial charge is 0.398 e. The summed E-state index contributed by atoms with van der Waals surface area (Å²) in [5.74, 6) is -0.154. The van der Waals surface area contributed by atoms with E-state index in [4.69, 9.17) is 5.73 Å². The Hall–Kier alpha value is -1.09. The lowest BCUT2D eigenvalue weighted by Gasteiger charge is -2.02. The third-order valence-electron chi connectivity index (χ3n) is 2.01.